The smallest absolute Gasteiger partial charge is 0.258 e. The van der Waals surface area contributed by atoms with Gasteiger partial charge >= 0.3 is 0 Å². The summed E-state index contributed by atoms with van der Waals surface area (Å²) in [5.74, 6) is 4.22. The number of halogens is 2. The van der Waals surface area contributed by atoms with Gasteiger partial charge in [0.15, 0.2) is 0 Å². The Morgan fingerprint density at radius 1 is 1.89 bits per heavy atom. The average Bonchev–Trinajstić information content (AvgIpc) is 1.87. The number of hydrazine groups is 1. The first kappa shape index (κ1) is 8.83. The summed E-state index contributed by atoms with van der Waals surface area (Å²) in [4.78, 5) is 10.3. The molecule has 1 amide bonds. The van der Waals surface area contributed by atoms with Crippen LogP contribution in [0.15, 0.2) is 9.66 Å². The summed E-state index contributed by atoms with van der Waals surface area (Å²) in [6.07, 6.45) is 1.10. The molecule has 0 aliphatic carbocycles. The lowest BCUT2D eigenvalue weighted by Crippen LogP contribution is -2.28. The van der Waals surface area contributed by atoms with Crippen LogP contribution in [-0.2, 0) is 4.79 Å². The van der Waals surface area contributed by atoms with E-state index < -0.39 is 12.6 Å². The van der Waals surface area contributed by atoms with E-state index in [-0.39, 0.29) is 0 Å². The van der Waals surface area contributed by atoms with Crippen LogP contribution in [-0.4, -0.2) is 12.6 Å². The Kier molecular flexibility index (Phi) is 4.60. The Balaban J connectivity index is 3.79. The second-order valence-corrected chi connectivity index (χ2v) is 2.62. The Morgan fingerprint density at radius 3 is 2.78 bits per heavy atom. The highest BCUT2D eigenvalue weighted by atomic mass is 127. The summed E-state index contributed by atoms with van der Waals surface area (Å²) in [7, 11) is 0. The predicted molar refractivity (Wildman–Crippen MR) is 40.4 cm³/mol. The fourth-order valence-electron chi connectivity index (χ4n) is 0.222. The summed E-state index contributed by atoms with van der Waals surface area (Å²) in [6.45, 7) is -0.631. The van der Waals surface area contributed by atoms with Crippen molar-refractivity contribution in [1.82, 2.24) is 5.43 Å². The lowest BCUT2D eigenvalue weighted by Gasteiger charge is -1.90. The molecular weight excluding hydrogens is 238 g/mol. The van der Waals surface area contributed by atoms with Crippen LogP contribution in [0, 0.1) is 0 Å². The first-order chi connectivity index (χ1) is 4.20. The Hall–Kier alpha value is -0.170. The van der Waals surface area contributed by atoms with Gasteiger partial charge in [0.25, 0.3) is 5.91 Å². The third-order valence-corrected chi connectivity index (χ3v) is 1.16. The van der Waals surface area contributed by atoms with Crippen molar-refractivity contribution in [2.45, 2.75) is 0 Å². The lowest BCUT2D eigenvalue weighted by molar-refractivity contribution is -0.116. The molecule has 0 saturated carbocycles. The summed E-state index contributed by atoms with van der Waals surface area (Å²) in [5, 5.41) is 0. The van der Waals surface area contributed by atoms with E-state index in [0.29, 0.717) is 3.58 Å². The van der Waals surface area contributed by atoms with Gasteiger partial charge in [-0.05, 0) is 22.6 Å². The van der Waals surface area contributed by atoms with Gasteiger partial charge in [-0.2, -0.15) is 0 Å². The highest BCUT2D eigenvalue weighted by molar-refractivity contribution is 14.1. The van der Waals surface area contributed by atoms with Gasteiger partial charge in [0, 0.05) is 9.66 Å². The van der Waals surface area contributed by atoms with E-state index in [4.69, 9.17) is 5.84 Å². The Labute approximate surface area is 65.6 Å². The Bertz CT molecular complexity index is 137. The number of carbonyl (C=O) groups excluding carboxylic acids is 1. The molecule has 0 radical (unpaired) electrons. The molecule has 0 fully saturated rings. The van der Waals surface area contributed by atoms with Crippen LogP contribution >= 0.6 is 22.6 Å². The van der Waals surface area contributed by atoms with Crippen molar-refractivity contribution in [2.75, 3.05) is 6.67 Å². The number of alkyl halides is 1. The normalized spacial score (nSPS) is 11.2. The number of nitrogens with one attached hydrogen (secondary N) is 1. The van der Waals surface area contributed by atoms with E-state index in [2.05, 4.69) is 0 Å². The fourth-order valence-corrected chi connectivity index (χ4v) is 0.505. The molecule has 0 aromatic carbocycles. The first-order valence-electron chi connectivity index (χ1n) is 2.13. The maximum atomic E-state index is 11.6. The minimum absolute atomic E-state index is 0.329. The number of carbonyl (C=O) groups is 1. The summed E-state index contributed by atoms with van der Waals surface area (Å²) < 4.78 is 11.9. The maximum absolute atomic E-state index is 11.6. The molecule has 0 spiro atoms. The molecule has 0 heterocycles. The molecule has 52 valence electrons. The van der Waals surface area contributed by atoms with Crippen LogP contribution in [0.2, 0.25) is 0 Å². The molecule has 9 heavy (non-hydrogen) atoms. The van der Waals surface area contributed by atoms with Crippen molar-refractivity contribution in [1.29, 1.82) is 0 Å². The molecule has 0 bridgehead atoms. The van der Waals surface area contributed by atoms with Crippen molar-refractivity contribution in [3.05, 3.63) is 9.66 Å². The van der Waals surface area contributed by atoms with E-state index in [1.807, 2.05) is 5.43 Å². The zero-order chi connectivity index (χ0) is 7.28. The highest BCUT2D eigenvalue weighted by Crippen LogP contribution is 2.04. The molecular formula is C4H6FIN2O. The molecule has 5 heteroatoms. The molecule has 0 rings (SSSR count). The van der Waals surface area contributed by atoms with Gasteiger partial charge in [-0.3, -0.25) is 10.2 Å². The van der Waals surface area contributed by atoms with E-state index in [1.54, 1.807) is 22.6 Å². The second kappa shape index (κ2) is 4.68. The van der Waals surface area contributed by atoms with Gasteiger partial charge in [-0.1, -0.05) is 0 Å². The quantitative estimate of drug-likeness (QED) is 0.241. The molecule has 3 nitrogen and oxygen atoms in total. The standard InChI is InChI=1S/C4H6FIN2O/c5-2-3(6)1-4(9)8-7/h1H,2,7H2,(H,8,9). The molecule has 3 N–H and O–H groups in total. The summed E-state index contributed by atoms with van der Waals surface area (Å²) in [6, 6.07) is 0. The number of hydrogen-bond acceptors (Lipinski definition) is 2. The highest BCUT2D eigenvalue weighted by Gasteiger charge is 1.93. The monoisotopic (exact) mass is 244 g/mol. The molecule has 0 atom stereocenters. The predicted octanol–water partition coefficient (Wildman–Crippen LogP) is 0.265. The second-order valence-electron chi connectivity index (χ2n) is 1.23. The van der Waals surface area contributed by atoms with Crippen LogP contribution in [0.1, 0.15) is 0 Å². The molecule has 0 aliphatic heterocycles. The minimum atomic E-state index is -0.631. The van der Waals surface area contributed by atoms with E-state index in [1.165, 1.54) is 0 Å². The molecule has 0 aromatic heterocycles. The number of nitrogens with two attached hydrogens (primary N) is 1. The van der Waals surface area contributed by atoms with Crippen LogP contribution in [0.4, 0.5) is 4.39 Å². The largest absolute Gasteiger partial charge is 0.291 e. The van der Waals surface area contributed by atoms with E-state index in [9.17, 15) is 9.18 Å². The van der Waals surface area contributed by atoms with Gasteiger partial charge in [-0.15, -0.1) is 0 Å². The van der Waals surface area contributed by atoms with Gasteiger partial charge in [0.05, 0.1) is 0 Å². The number of amides is 1. The maximum Gasteiger partial charge on any atom is 0.258 e. The summed E-state index contributed by atoms with van der Waals surface area (Å²) in [5.41, 5.74) is 1.84. The van der Waals surface area contributed by atoms with Gasteiger partial charge < -0.3 is 0 Å². The number of allylic oxidation sites excluding steroid dienone is 1. The van der Waals surface area contributed by atoms with Gasteiger partial charge in [0.1, 0.15) is 6.67 Å². The topological polar surface area (TPSA) is 55.1 Å². The van der Waals surface area contributed by atoms with E-state index in [0.717, 1.165) is 6.08 Å². The van der Waals surface area contributed by atoms with Crippen LogP contribution in [0.25, 0.3) is 0 Å². The minimum Gasteiger partial charge on any atom is -0.291 e. The average molecular weight is 244 g/mol. The SMILES string of the molecule is NNC(=O)C=C(I)CF. The van der Waals surface area contributed by atoms with Gasteiger partial charge in [0.2, 0.25) is 0 Å². The van der Waals surface area contributed by atoms with Crippen molar-refractivity contribution >= 4 is 28.5 Å². The molecule has 0 aromatic rings. The lowest BCUT2D eigenvalue weighted by atomic mass is 10.5. The fraction of sp³-hybridized carbons (Fsp3) is 0.250. The number of hydrogen-bond donors (Lipinski definition) is 2. The van der Waals surface area contributed by atoms with Crippen molar-refractivity contribution in [3.63, 3.8) is 0 Å². The van der Waals surface area contributed by atoms with E-state index >= 15 is 0 Å². The van der Waals surface area contributed by atoms with Crippen LogP contribution < -0.4 is 11.3 Å². The van der Waals surface area contributed by atoms with Gasteiger partial charge in [-0.25, -0.2) is 10.2 Å². The zero-order valence-electron chi connectivity index (χ0n) is 4.53. The van der Waals surface area contributed by atoms with Crippen molar-refractivity contribution < 1.29 is 9.18 Å². The Morgan fingerprint density at radius 2 is 2.44 bits per heavy atom. The number of rotatable bonds is 2. The van der Waals surface area contributed by atoms with Crippen LogP contribution in [0.5, 0.6) is 0 Å². The first-order valence-corrected chi connectivity index (χ1v) is 3.21. The third-order valence-electron chi connectivity index (χ3n) is 0.558. The van der Waals surface area contributed by atoms with Crippen LogP contribution in [0.3, 0.4) is 0 Å². The molecule has 0 saturated heterocycles. The van der Waals surface area contributed by atoms with Crippen molar-refractivity contribution in [3.8, 4) is 0 Å². The molecule has 0 unspecified atom stereocenters. The summed E-state index contributed by atoms with van der Waals surface area (Å²) >= 11 is 1.71. The van der Waals surface area contributed by atoms with Crippen molar-refractivity contribution in [2.24, 2.45) is 5.84 Å². The zero-order valence-corrected chi connectivity index (χ0v) is 6.68. The molecule has 0 aliphatic rings. The third kappa shape index (κ3) is 4.34.